The maximum absolute atomic E-state index is 15.8. The molecule has 5 fully saturated rings. The molecule has 592 valence electrons. The topological polar surface area (TPSA) is 353 Å². The van der Waals surface area contributed by atoms with Crippen molar-refractivity contribution in [2.45, 2.75) is 217 Å². The number of halogens is 1. The number of benzene rings is 5. The van der Waals surface area contributed by atoms with Crippen molar-refractivity contribution in [1.29, 1.82) is 0 Å². The number of aryl methyl sites for hydroxylation is 4. The number of amides is 4. The lowest BCUT2D eigenvalue weighted by Gasteiger charge is -2.36. The number of alkyl halides is 1. The first-order valence-electron chi connectivity index (χ1n) is 38.7. The number of ether oxygens (including phenoxy) is 4. The number of hydrogen-bond acceptors (Lipinski definition) is 18. The Bertz CT molecular complexity index is 4720. The van der Waals surface area contributed by atoms with Crippen LogP contribution in [0.15, 0.2) is 125 Å². The van der Waals surface area contributed by atoms with E-state index in [1.807, 2.05) is 32.7 Å². The third-order valence-electron chi connectivity index (χ3n) is 22.8. The molecule has 8 N–H and O–H groups in total. The number of nitrogens with one attached hydrogen (secondary N) is 6. The van der Waals surface area contributed by atoms with Crippen LogP contribution in [0.5, 0.6) is 5.75 Å². The number of carbonyl (C=O) groups excluding carboxylic acids is 5. The molecule has 3 aliphatic heterocycles. The smallest absolute Gasteiger partial charge is 0.459 e. The van der Waals surface area contributed by atoms with Crippen LogP contribution in [0.25, 0.3) is 44.3 Å². The average molecular weight is 1550 g/mol. The van der Waals surface area contributed by atoms with E-state index in [9.17, 15) is 48.3 Å². The highest BCUT2D eigenvalue weighted by Gasteiger charge is 2.64. The maximum atomic E-state index is 15.8. The van der Waals surface area contributed by atoms with Gasteiger partial charge in [0.15, 0.2) is 6.23 Å². The number of carbonyl (C=O) groups is 5. The molecule has 0 unspecified atom stereocenters. The summed E-state index contributed by atoms with van der Waals surface area (Å²) in [5, 5.41) is 29.4. The number of imidazole rings is 2. The summed E-state index contributed by atoms with van der Waals surface area (Å²) in [6.07, 6.45) is 8.94. The Morgan fingerprint density at radius 1 is 0.658 bits per heavy atom. The molecule has 4 amide bonds. The highest BCUT2D eigenvalue weighted by atomic mass is 31.2. The summed E-state index contributed by atoms with van der Waals surface area (Å²) in [7, 11) is -1.88. The number of nitrogens with zero attached hydrogens (tertiary/aromatic N) is 5. The number of para-hydroxylation sites is 1. The van der Waals surface area contributed by atoms with Gasteiger partial charge in [0.1, 0.15) is 53.8 Å². The van der Waals surface area contributed by atoms with E-state index in [0.717, 1.165) is 154 Å². The summed E-state index contributed by atoms with van der Waals surface area (Å²) in [6.45, 7) is 12.1. The van der Waals surface area contributed by atoms with E-state index in [4.69, 9.17) is 38.0 Å². The SMILES string of the molecule is CC(C)OC(=O)[C@H](C)N[P@](=O)(OC[C@@]1(F)O[C@@H](n2ccc(=O)[nH]c2=O)[C@](C)(O)[C@@H]1O)Oc1ccccc1.COC(=O)N[C@H](C(=O)N1[C@H](c2nc3ccc(-c4cc5ccc4CCc4ccc(c(-c6ccc7nc([C@@H]8C[C@@H]9CCCC[C@@H]9N8C(=O)[C@@H](NC(=O)OC)C(C)C)[nH]c7c6)c4)CC5)cc3[nH]2)C[C@@H]2CCCC[C@@H]21)C(C)C. The molecule has 9 aliphatic rings. The normalized spacial score (nSPS) is 24.9. The second-order valence-corrected chi connectivity index (χ2v) is 33.2. The van der Waals surface area contributed by atoms with Gasteiger partial charge in [-0.15, -0.1) is 0 Å². The second-order valence-electron chi connectivity index (χ2n) is 31.5. The van der Waals surface area contributed by atoms with Gasteiger partial charge in [-0.05, 0) is 196 Å². The van der Waals surface area contributed by atoms with Gasteiger partial charge in [-0.3, -0.25) is 33.3 Å². The van der Waals surface area contributed by atoms with Gasteiger partial charge < -0.3 is 64.1 Å². The maximum Gasteiger partial charge on any atom is 0.459 e. The van der Waals surface area contributed by atoms with Gasteiger partial charge in [-0.2, -0.15) is 5.09 Å². The summed E-state index contributed by atoms with van der Waals surface area (Å²) < 4.78 is 60.9. The van der Waals surface area contributed by atoms with Crippen LogP contribution >= 0.6 is 7.75 Å². The predicted molar refractivity (Wildman–Crippen MR) is 412 cm³/mol. The van der Waals surface area contributed by atoms with Crippen molar-refractivity contribution >= 4 is 59.8 Å². The first-order chi connectivity index (χ1) is 53.0. The fraction of sp³-hybridized carbons (Fsp3) is 0.500. The standard InChI is InChI=1S/C60H72N8O6.C22H29FN3O10P/c1-33(2)53(65-59(71)73-5)57(69)67-49-13-9-7-11-41(49)31-51(67)55-61-45-25-23-39(29-47(45)63-55)43-27-35-15-19-37(43)21-17-36-16-20-38(22-18-35)44(28-36)40-24-26-46-48(30-40)64-56(62-46)52-32-42-12-8-10-14-50(42)68(52)58(70)54(34(3)4)66-60(72)74-6;1-13(2)34-17(28)14(3)25-37(32,36-15-8-6-5-7-9-15)33-12-22(23)18(29)21(4,31)19(35-22)26-11-10-16(27)24-20(26)30/h15-16,19-20,23-30,33-34,41-42,49-54H,7-14,17-18,21-22,31-32H2,1-6H3,(H,61,63)(H,62,64)(H,65,71)(H,66,72);5-11,13-14,18-19,29,31H,12H2,1-4H3,(H,25,32)(H,24,27,30)/t41-,42-,49-,50-,51-,52-,53-,54-;14-,18-,19+,21+,22+,37-/m00/s1. The average Bonchev–Trinajstić information content (AvgIpc) is 1.59. The summed E-state index contributed by atoms with van der Waals surface area (Å²) in [6, 6.07) is 32.8. The summed E-state index contributed by atoms with van der Waals surface area (Å²) in [5.41, 5.74) is 9.35. The van der Waals surface area contributed by atoms with Crippen LogP contribution in [0.2, 0.25) is 0 Å². The predicted octanol–water partition coefficient (Wildman–Crippen LogP) is 12.1. The Hall–Kier alpha value is -9.57. The molecule has 3 aromatic heterocycles. The number of aromatic amines is 3. The van der Waals surface area contributed by atoms with Gasteiger partial charge in [0.05, 0.1) is 54.5 Å². The molecule has 29 heteroatoms. The fourth-order valence-electron chi connectivity index (χ4n) is 17.1. The fourth-order valence-corrected chi connectivity index (χ4v) is 18.6. The molecule has 5 aromatic carbocycles. The number of aliphatic hydroxyl groups is 2. The van der Waals surface area contributed by atoms with Gasteiger partial charge in [-0.1, -0.05) is 120 Å². The Morgan fingerprint density at radius 3 is 1.62 bits per heavy atom. The van der Waals surface area contributed by atoms with E-state index in [1.54, 1.807) is 32.0 Å². The van der Waals surface area contributed by atoms with Crippen LogP contribution < -0.4 is 31.5 Å². The van der Waals surface area contributed by atoms with E-state index in [2.05, 4.69) is 108 Å². The number of rotatable bonds is 20. The molecule has 0 spiro atoms. The van der Waals surface area contributed by atoms with Gasteiger partial charge in [0.2, 0.25) is 11.8 Å². The number of hydrogen-bond donors (Lipinski definition) is 8. The molecule has 3 saturated heterocycles. The van der Waals surface area contributed by atoms with Crippen molar-refractivity contribution in [1.82, 2.24) is 55.0 Å². The number of aliphatic hydroxyl groups excluding tert-OH is 1. The second kappa shape index (κ2) is 33.0. The zero-order chi connectivity index (χ0) is 79.0. The van der Waals surface area contributed by atoms with Gasteiger partial charge in [0, 0.05) is 24.3 Å². The third-order valence-corrected chi connectivity index (χ3v) is 24.4. The Labute approximate surface area is 643 Å². The molecule has 6 aliphatic carbocycles. The van der Waals surface area contributed by atoms with E-state index in [-0.39, 0.29) is 53.6 Å². The minimum absolute atomic E-state index is 0.0493. The molecule has 6 heterocycles. The van der Waals surface area contributed by atoms with E-state index >= 15 is 4.39 Å². The first-order valence-corrected chi connectivity index (χ1v) is 40.2. The van der Waals surface area contributed by atoms with E-state index < -0.39 is 91.8 Å². The lowest BCUT2D eigenvalue weighted by molar-refractivity contribution is -0.204. The highest BCUT2D eigenvalue weighted by molar-refractivity contribution is 7.52. The number of fused-ring (bicyclic) bond motifs is 4. The first kappa shape index (κ1) is 79.5. The van der Waals surface area contributed by atoms with Crippen LogP contribution in [-0.2, 0) is 68.1 Å². The van der Waals surface area contributed by atoms with Crippen LogP contribution in [0.3, 0.4) is 0 Å². The minimum atomic E-state index is -4.55. The molecule has 27 nitrogen and oxygen atoms in total. The molecular weight excluding hydrogens is 1440 g/mol. The van der Waals surface area contributed by atoms with Crippen molar-refractivity contribution in [3.05, 3.63) is 170 Å². The van der Waals surface area contributed by atoms with Crippen LogP contribution in [0.4, 0.5) is 14.0 Å². The lowest BCUT2D eigenvalue weighted by atomic mass is 9.84. The van der Waals surface area contributed by atoms with E-state index in [1.165, 1.54) is 66.7 Å². The Kier molecular flexibility index (Phi) is 23.6. The van der Waals surface area contributed by atoms with Crippen molar-refractivity contribution in [2.24, 2.45) is 23.7 Å². The number of alkyl carbamates (subject to hydrolysis) is 2. The summed E-state index contributed by atoms with van der Waals surface area (Å²) in [5.74, 6) is -1.91. The number of esters is 1. The van der Waals surface area contributed by atoms with Crippen molar-refractivity contribution in [2.75, 3.05) is 20.8 Å². The molecule has 4 bridgehead atoms. The van der Waals surface area contributed by atoms with Crippen molar-refractivity contribution in [3.8, 4) is 28.0 Å². The van der Waals surface area contributed by atoms with Crippen LogP contribution in [0.1, 0.15) is 172 Å². The number of aromatic nitrogens is 6. The number of likely N-dealkylation sites (tertiary alicyclic amines) is 2. The zero-order valence-electron chi connectivity index (χ0n) is 64.3. The monoisotopic (exact) mass is 1550 g/mol. The van der Waals surface area contributed by atoms with Crippen molar-refractivity contribution < 1.29 is 71.1 Å². The van der Waals surface area contributed by atoms with E-state index in [0.29, 0.717) is 16.4 Å². The van der Waals surface area contributed by atoms with Gasteiger partial charge >= 0.3 is 31.6 Å². The van der Waals surface area contributed by atoms with Gasteiger partial charge in [-0.25, -0.2) is 33.3 Å². The van der Waals surface area contributed by atoms with Crippen LogP contribution in [0, 0.1) is 23.7 Å². The largest absolute Gasteiger partial charge is 0.462 e. The lowest BCUT2D eigenvalue weighted by Crippen LogP contribution is -2.53. The number of H-pyrrole nitrogens is 3. The highest BCUT2D eigenvalue weighted by Crippen LogP contribution is 2.52. The molecule has 14 atom stereocenters. The Balaban J connectivity index is 0.000000246. The summed E-state index contributed by atoms with van der Waals surface area (Å²) in [4.78, 5) is 113. The Morgan fingerprint density at radius 2 is 1.15 bits per heavy atom. The molecule has 8 aromatic rings. The van der Waals surface area contributed by atoms with Crippen molar-refractivity contribution in [3.63, 3.8) is 0 Å². The molecule has 17 rings (SSSR count). The van der Waals surface area contributed by atoms with Gasteiger partial charge in [0.25, 0.3) is 11.4 Å². The molecule has 2 saturated carbocycles. The molecular formula is C82H101FN11O16P. The molecule has 0 radical (unpaired) electrons. The third kappa shape index (κ3) is 17.0. The molecule has 111 heavy (non-hydrogen) atoms. The zero-order valence-corrected chi connectivity index (χ0v) is 65.2. The minimum Gasteiger partial charge on any atom is -0.462 e. The quantitative estimate of drug-likeness (QED) is 0.0200. The van der Waals surface area contributed by atoms with Crippen LogP contribution in [-0.4, -0.2) is 154 Å². The summed E-state index contributed by atoms with van der Waals surface area (Å²) >= 11 is 0. The number of methoxy groups -OCH3 is 2.